The molecule has 2 unspecified atom stereocenters. The number of fused-ring (bicyclic) bond motifs is 2. The highest BCUT2D eigenvalue weighted by molar-refractivity contribution is 4.89. The Bertz CT molecular complexity index is 333. The fourth-order valence-corrected chi connectivity index (χ4v) is 4.32. The van der Waals surface area contributed by atoms with Gasteiger partial charge in [0.2, 0.25) is 0 Å². The summed E-state index contributed by atoms with van der Waals surface area (Å²) in [7, 11) is 0. The van der Waals surface area contributed by atoms with Gasteiger partial charge in [-0.3, -0.25) is 4.90 Å². The van der Waals surface area contributed by atoms with Crippen LogP contribution in [-0.4, -0.2) is 84.3 Å². The monoisotopic (exact) mass is 339 g/mol. The topological polar surface area (TPSA) is 19.0 Å². The minimum absolute atomic E-state index is 0.571. The van der Waals surface area contributed by atoms with Crippen LogP contribution in [0.15, 0.2) is 0 Å². The second kappa shape index (κ2) is 9.51. The van der Waals surface area contributed by atoms with Gasteiger partial charge >= 0.3 is 0 Å². The van der Waals surface area contributed by atoms with Crippen molar-refractivity contribution in [2.45, 2.75) is 91.1 Å². The van der Waals surface area contributed by atoms with E-state index in [0.717, 1.165) is 25.2 Å². The van der Waals surface area contributed by atoms with E-state index >= 15 is 0 Å². The average Bonchev–Trinajstić information content (AvgIpc) is 2.56. The molecule has 0 N–H and O–H groups in total. The van der Waals surface area contributed by atoms with Crippen molar-refractivity contribution in [3.8, 4) is 0 Å². The van der Waals surface area contributed by atoms with Crippen LogP contribution in [0, 0.1) is 0 Å². The minimum Gasteiger partial charge on any atom is -0.372 e. The first-order chi connectivity index (χ1) is 11.4. The summed E-state index contributed by atoms with van der Waals surface area (Å²) in [5.74, 6) is 0. The molecule has 0 radical (unpaired) electrons. The number of ether oxygens (including phenoxy) is 1. The minimum atomic E-state index is 0.571. The number of rotatable bonds is 5. The highest BCUT2D eigenvalue weighted by Crippen LogP contribution is 2.28. The number of hydrogen-bond acceptors (Lipinski definition) is 4. The Morgan fingerprint density at radius 3 is 1.67 bits per heavy atom. The summed E-state index contributed by atoms with van der Waals surface area (Å²) in [6.45, 7) is 21.0. The smallest absolute Gasteiger partial charge is 0.0731 e. The molecule has 2 atom stereocenters. The lowest BCUT2D eigenvalue weighted by molar-refractivity contribution is -0.185. The molecule has 0 amide bonds. The van der Waals surface area contributed by atoms with Gasteiger partial charge in [-0.05, 0) is 66.7 Å². The molecule has 4 aliphatic rings. The van der Waals surface area contributed by atoms with Gasteiger partial charge in [0.25, 0.3) is 0 Å². The molecule has 24 heavy (non-hydrogen) atoms. The van der Waals surface area contributed by atoms with E-state index in [1.54, 1.807) is 0 Å². The molecule has 4 aliphatic heterocycles. The lowest BCUT2D eigenvalue weighted by atomic mass is 9.98. The van der Waals surface area contributed by atoms with Crippen LogP contribution in [0.3, 0.4) is 0 Å². The number of piperidine rings is 2. The highest BCUT2D eigenvalue weighted by atomic mass is 16.5. The lowest BCUT2D eigenvalue weighted by Gasteiger charge is -2.48. The van der Waals surface area contributed by atoms with Gasteiger partial charge in [0.1, 0.15) is 0 Å². The summed E-state index contributed by atoms with van der Waals surface area (Å²) < 4.78 is 5.51. The molecule has 2 bridgehead atoms. The zero-order valence-corrected chi connectivity index (χ0v) is 17.0. The van der Waals surface area contributed by atoms with Crippen molar-refractivity contribution < 1.29 is 4.74 Å². The quantitative estimate of drug-likeness (QED) is 0.766. The van der Waals surface area contributed by atoms with Gasteiger partial charge in [0, 0.05) is 37.6 Å². The van der Waals surface area contributed by atoms with Crippen LogP contribution < -0.4 is 0 Å². The second-order valence-electron chi connectivity index (χ2n) is 8.25. The van der Waals surface area contributed by atoms with Crippen LogP contribution in [0.1, 0.15) is 60.8 Å². The molecule has 4 nitrogen and oxygen atoms in total. The fourth-order valence-electron chi connectivity index (χ4n) is 4.32. The number of nitrogens with zero attached hydrogens (tertiary/aromatic N) is 3. The molecular weight excluding hydrogens is 298 g/mol. The van der Waals surface area contributed by atoms with Crippen LogP contribution in [0.25, 0.3) is 0 Å². The van der Waals surface area contributed by atoms with Crippen molar-refractivity contribution in [3.05, 3.63) is 0 Å². The molecular formula is C20H41N3O. The molecule has 142 valence electrons. The van der Waals surface area contributed by atoms with Gasteiger partial charge in [0.15, 0.2) is 0 Å². The van der Waals surface area contributed by atoms with Gasteiger partial charge in [-0.25, -0.2) is 0 Å². The third kappa shape index (κ3) is 5.42. The zero-order chi connectivity index (χ0) is 17.7. The van der Waals surface area contributed by atoms with E-state index in [1.165, 1.54) is 45.4 Å². The zero-order valence-electron chi connectivity index (χ0n) is 17.0. The van der Waals surface area contributed by atoms with E-state index in [0.29, 0.717) is 18.2 Å². The number of morpholine rings is 1. The Balaban J connectivity index is 0.000000182. The van der Waals surface area contributed by atoms with E-state index in [2.05, 4.69) is 56.2 Å². The molecule has 4 rings (SSSR count). The molecule has 0 spiro atoms. The maximum absolute atomic E-state index is 5.51. The van der Waals surface area contributed by atoms with E-state index < -0.39 is 0 Å². The van der Waals surface area contributed by atoms with Gasteiger partial charge < -0.3 is 14.5 Å². The summed E-state index contributed by atoms with van der Waals surface area (Å²) in [5.41, 5.74) is 0. The van der Waals surface area contributed by atoms with Gasteiger partial charge in [0.05, 0.1) is 12.2 Å². The summed E-state index contributed by atoms with van der Waals surface area (Å²) in [6.07, 6.45) is 5.17. The van der Waals surface area contributed by atoms with Gasteiger partial charge in [-0.1, -0.05) is 13.8 Å². The third-order valence-corrected chi connectivity index (χ3v) is 6.08. The predicted octanol–water partition coefficient (Wildman–Crippen LogP) is 3.07. The third-order valence-electron chi connectivity index (χ3n) is 6.08. The van der Waals surface area contributed by atoms with Crippen LogP contribution >= 0.6 is 0 Å². The predicted molar refractivity (Wildman–Crippen MR) is 103 cm³/mol. The Morgan fingerprint density at radius 1 is 0.875 bits per heavy atom. The van der Waals surface area contributed by atoms with E-state index in [4.69, 9.17) is 4.74 Å². The van der Waals surface area contributed by atoms with Crippen LogP contribution in [-0.2, 0) is 4.74 Å². The van der Waals surface area contributed by atoms with Crippen molar-refractivity contribution in [2.24, 2.45) is 0 Å². The molecule has 4 fully saturated rings. The van der Waals surface area contributed by atoms with E-state index in [9.17, 15) is 0 Å². The Morgan fingerprint density at radius 2 is 1.33 bits per heavy atom. The Labute approximate surface area is 150 Å². The molecule has 4 saturated heterocycles. The van der Waals surface area contributed by atoms with Gasteiger partial charge in [-0.15, -0.1) is 0 Å². The van der Waals surface area contributed by atoms with Gasteiger partial charge in [-0.2, -0.15) is 0 Å². The SMILES string of the molecule is CC(C)N1CC2CC(C1)O2.CCN(CC)C1CCN(C(C)C)CC1. The normalized spacial score (nSPS) is 28.9. The summed E-state index contributed by atoms with van der Waals surface area (Å²) in [6, 6.07) is 2.28. The molecule has 0 aromatic carbocycles. The summed E-state index contributed by atoms with van der Waals surface area (Å²) in [4.78, 5) is 7.71. The Kier molecular flexibility index (Phi) is 7.99. The largest absolute Gasteiger partial charge is 0.372 e. The molecule has 0 aromatic heterocycles. The second-order valence-corrected chi connectivity index (χ2v) is 8.25. The van der Waals surface area contributed by atoms with Crippen LogP contribution in [0.2, 0.25) is 0 Å². The van der Waals surface area contributed by atoms with E-state index in [1.807, 2.05) is 0 Å². The number of likely N-dealkylation sites (tertiary alicyclic amines) is 1. The van der Waals surface area contributed by atoms with Crippen LogP contribution in [0.5, 0.6) is 0 Å². The lowest BCUT2D eigenvalue weighted by Crippen LogP contribution is -2.58. The number of hydrogen-bond donors (Lipinski definition) is 0. The van der Waals surface area contributed by atoms with Crippen molar-refractivity contribution >= 4 is 0 Å². The average molecular weight is 340 g/mol. The van der Waals surface area contributed by atoms with Crippen LogP contribution in [0.4, 0.5) is 0 Å². The molecule has 0 aliphatic carbocycles. The van der Waals surface area contributed by atoms with E-state index in [-0.39, 0.29) is 0 Å². The molecule has 4 heteroatoms. The first-order valence-electron chi connectivity index (χ1n) is 10.3. The van der Waals surface area contributed by atoms with Crippen molar-refractivity contribution in [1.29, 1.82) is 0 Å². The highest BCUT2D eigenvalue weighted by Gasteiger charge is 2.38. The van der Waals surface area contributed by atoms with Crippen molar-refractivity contribution in [3.63, 3.8) is 0 Å². The first kappa shape index (κ1) is 20.2. The summed E-state index contributed by atoms with van der Waals surface area (Å²) in [5, 5.41) is 0. The molecule has 4 heterocycles. The fraction of sp³-hybridized carbons (Fsp3) is 1.00. The summed E-state index contributed by atoms with van der Waals surface area (Å²) >= 11 is 0. The van der Waals surface area contributed by atoms with Crippen molar-refractivity contribution in [1.82, 2.24) is 14.7 Å². The maximum Gasteiger partial charge on any atom is 0.0731 e. The Hall–Kier alpha value is -0.160. The first-order valence-corrected chi connectivity index (χ1v) is 10.3. The standard InChI is InChI=1S/C12H26N2.C8H15NO/c1-5-13(6-2)12-7-9-14(10-8-12)11(3)4;1-6(2)9-4-7-3-8(5-9)10-7/h11-12H,5-10H2,1-4H3;6-8H,3-5H2,1-2H3. The maximum atomic E-state index is 5.51. The van der Waals surface area contributed by atoms with Crippen molar-refractivity contribution in [2.75, 3.05) is 39.3 Å². The molecule has 0 aromatic rings. The molecule has 0 saturated carbocycles.